The summed E-state index contributed by atoms with van der Waals surface area (Å²) in [6, 6.07) is 7.76. The van der Waals surface area contributed by atoms with E-state index in [0.717, 1.165) is 6.26 Å². The molecule has 0 aromatic heterocycles. The Morgan fingerprint density at radius 3 is 2.30 bits per heavy atom. The van der Waals surface area contributed by atoms with Crippen LogP contribution in [0.2, 0.25) is 0 Å². The largest absolute Gasteiger partial charge is 0.355 e. The minimum absolute atomic E-state index is 0.180. The van der Waals surface area contributed by atoms with Crippen molar-refractivity contribution in [1.29, 1.82) is 5.26 Å². The third kappa shape index (κ3) is 7.82. The van der Waals surface area contributed by atoms with Gasteiger partial charge in [0.1, 0.15) is 6.42 Å². The van der Waals surface area contributed by atoms with Gasteiger partial charge in [-0.15, -0.1) is 0 Å². The molecule has 2 amide bonds. The standard InChI is InChI=1S/C14H18N4O4S/c1-23(21,22)18-12-5-3-11(4-6-12)14(20)17-10-2-9-16-13(19)7-8-15/h3-6,18H,2,7,9-10H2,1H3,(H,16,19)(H,17,20). The van der Waals surface area contributed by atoms with Gasteiger partial charge in [-0.3, -0.25) is 14.3 Å². The van der Waals surface area contributed by atoms with Gasteiger partial charge < -0.3 is 10.6 Å². The maximum atomic E-state index is 11.9. The lowest BCUT2D eigenvalue weighted by Crippen LogP contribution is -2.29. The first kappa shape index (κ1) is 18.4. The van der Waals surface area contributed by atoms with Crippen LogP contribution < -0.4 is 15.4 Å². The topological polar surface area (TPSA) is 128 Å². The van der Waals surface area contributed by atoms with Crippen molar-refractivity contribution in [3.63, 3.8) is 0 Å². The highest BCUT2D eigenvalue weighted by atomic mass is 32.2. The first-order chi connectivity index (χ1) is 10.8. The molecule has 1 aromatic rings. The maximum absolute atomic E-state index is 11.9. The van der Waals surface area contributed by atoms with Gasteiger partial charge >= 0.3 is 0 Å². The smallest absolute Gasteiger partial charge is 0.251 e. The van der Waals surface area contributed by atoms with E-state index in [9.17, 15) is 18.0 Å². The van der Waals surface area contributed by atoms with Gasteiger partial charge in [0.2, 0.25) is 15.9 Å². The quantitative estimate of drug-likeness (QED) is 0.584. The van der Waals surface area contributed by atoms with Crippen molar-refractivity contribution >= 4 is 27.5 Å². The Kier molecular flexibility index (Phi) is 7.02. The lowest BCUT2D eigenvalue weighted by Gasteiger charge is -2.07. The molecule has 0 aliphatic rings. The van der Waals surface area contributed by atoms with Gasteiger partial charge in [0.15, 0.2) is 0 Å². The molecule has 23 heavy (non-hydrogen) atoms. The normalized spacial score (nSPS) is 10.4. The van der Waals surface area contributed by atoms with Crippen molar-refractivity contribution < 1.29 is 18.0 Å². The van der Waals surface area contributed by atoms with Crippen LogP contribution in [0.15, 0.2) is 24.3 Å². The van der Waals surface area contributed by atoms with E-state index in [1.165, 1.54) is 24.3 Å². The Balaban J connectivity index is 2.35. The van der Waals surface area contributed by atoms with Gasteiger partial charge in [-0.1, -0.05) is 0 Å². The highest BCUT2D eigenvalue weighted by Crippen LogP contribution is 2.10. The number of amides is 2. The van der Waals surface area contributed by atoms with E-state index in [1.807, 2.05) is 0 Å². The molecule has 0 radical (unpaired) electrons. The van der Waals surface area contributed by atoms with Crippen LogP contribution in [-0.2, 0) is 14.8 Å². The summed E-state index contributed by atoms with van der Waals surface area (Å²) in [5.74, 6) is -0.632. The lowest BCUT2D eigenvalue weighted by atomic mass is 10.2. The number of carbonyl (C=O) groups excluding carboxylic acids is 2. The van der Waals surface area contributed by atoms with Crippen LogP contribution in [0.3, 0.4) is 0 Å². The first-order valence-electron chi connectivity index (χ1n) is 6.81. The van der Waals surface area contributed by atoms with Crippen LogP contribution in [0.5, 0.6) is 0 Å². The minimum Gasteiger partial charge on any atom is -0.355 e. The van der Waals surface area contributed by atoms with Gasteiger partial charge in [0.05, 0.1) is 12.3 Å². The van der Waals surface area contributed by atoms with E-state index >= 15 is 0 Å². The zero-order valence-corrected chi connectivity index (χ0v) is 13.4. The van der Waals surface area contributed by atoms with Crippen molar-refractivity contribution in [3.05, 3.63) is 29.8 Å². The monoisotopic (exact) mass is 338 g/mol. The highest BCUT2D eigenvalue weighted by molar-refractivity contribution is 7.92. The van der Waals surface area contributed by atoms with E-state index in [4.69, 9.17) is 5.26 Å². The summed E-state index contributed by atoms with van der Waals surface area (Å²) in [6.07, 6.45) is 1.40. The fourth-order valence-corrected chi connectivity index (χ4v) is 2.22. The van der Waals surface area contributed by atoms with Crippen molar-refractivity contribution in [2.75, 3.05) is 24.1 Å². The summed E-state index contributed by atoms with van der Waals surface area (Å²) in [7, 11) is -3.35. The number of carbonyl (C=O) groups is 2. The fourth-order valence-electron chi connectivity index (χ4n) is 1.66. The summed E-state index contributed by atoms with van der Waals surface area (Å²) in [5, 5.41) is 13.5. The molecule has 0 spiro atoms. The average molecular weight is 338 g/mol. The molecule has 0 unspecified atom stereocenters. The molecule has 0 saturated heterocycles. The summed E-state index contributed by atoms with van der Waals surface area (Å²) < 4.78 is 24.5. The number of sulfonamides is 1. The zero-order valence-electron chi connectivity index (χ0n) is 12.6. The molecule has 0 saturated carbocycles. The van der Waals surface area contributed by atoms with Crippen LogP contribution >= 0.6 is 0 Å². The van der Waals surface area contributed by atoms with Crippen molar-refractivity contribution in [2.45, 2.75) is 12.8 Å². The maximum Gasteiger partial charge on any atom is 0.251 e. The molecule has 3 N–H and O–H groups in total. The molecule has 1 rings (SSSR count). The Hall–Kier alpha value is -2.60. The molecule has 0 aliphatic carbocycles. The van der Waals surface area contributed by atoms with Gasteiger partial charge in [-0.25, -0.2) is 8.42 Å². The molecular formula is C14H18N4O4S. The van der Waals surface area contributed by atoms with Crippen LogP contribution in [0.25, 0.3) is 0 Å². The van der Waals surface area contributed by atoms with E-state index in [0.29, 0.717) is 30.8 Å². The van der Waals surface area contributed by atoms with Crippen LogP contribution in [0.4, 0.5) is 5.69 Å². The second-order valence-electron chi connectivity index (χ2n) is 4.75. The SMILES string of the molecule is CS(=O)(=O)Nc1ccc(C(=O)NCCCNC(=O)CC#N)cc1. The molecule has 8 nitrogen and oxygen atoms in total. The summed E-state index contributed by atoms with van der Waals surface area (Å²) in [5.41, 5.74) is 0.779. The van der Waals surface area contributed by atoms with E-state index in [2.05, 4.69) is 15.4 Å². The number of anilines is 1. The van der Waals surface area contributed by atoms with E-state index in [-0.39, 0.29) is 18.2 Å². The molecule has 1 aromatic carbocycles. The van der Waals surface area contributed by atoms with E-state index < -0.39 is 10.0 Å². The Morgan fingerprint density at radius 1 is 1.13 bits per heavy atom. The Morgan fingerprint density at radius 2 is 1.74 bits per heavy atom. The number of nitrogens with zero attached hydrogens (tertiary/aromatic N) is 1. The zero-order chi connectivity index (χ0) is 17.3. The molecule has 0 atom stereocenters. The van der Waals surface area contributed by atoms with Crippen molar-refractivity contribution in [2.24, 2.45) is 0 Å². The summed E-state index contributed by atoms with van der Waals surface area (Å²) in [6.45, 7) is 0.743. The Labute approximate surface area is 134 Å². The van der Waals surface area contributed by atoms with Gasteiger partial charge in [0, 0.05) is 24.3 Å². The molecule has 0 aliphatic heterocycles. The first-order valence-corrected chi connectivity index (χ1v) is 8.70. The number of hydrogen-bond donors (Lipinski definition) is 3. The average Bonchev–Trinajstić information content (AvgIpc) is 2.46. The van der Waals surface area contributed by atoms with Crippen molar-refractivity contribution in [1.82, 2.24) is 10.6 Å². The predicted octanol–water partition coefficient (Wildman–Crippen LogP) is 0.208. The molecule has 0 fully saturated rings. The second-order valence-corrected chi connectivity index (χ2v) is 6.49. The number of rotatable bonds is 8. The van der Waals surface area contributed by atoms with Crippen LogP contribution in [-0.4, -0.2) is 39.6 Å². The predicted molar refractivity (Wildman–Crippen MR) is 85.1 cm³/mol. The van der Waals surface area contributed by atoms with Gasteiger partial charge in [-0.05, 0) is 30.7 Å². The Bertz CT molecular complexity index is 692. The molecular weight excluding hydrogens is 320 g/mol. The molecule has 0 bridgehead atoms. The fraction of sp³-hybridized carbons (Fsp3) is 0.357. The number of nitrogens with one attached hydrogen (secondary N) is 3. The van der Waals surface area contributed by atoms with Gasteiger partial charge in [-0.2, -0.15) is 5.26 Å². The number of nitriles is 1. The van der Waals surface area contributed by atoms with Crippen LogP contribution in [0.1, 0.15) is 23.2 Å². The summed E-state index contributed by atoms with van der Waals surface area (Å²) >= 11 is 0. The minimum atomic E-state index is -3.35. The molecule has 124 valence electrons. The second kappa shape index (κ2) is 8.75. The third-order valence-electron chi connectivity index (χ3n) is 2.65. The number of hydrogen-bond acceptors (Lipinski definition) is 5. The highest BCUT2D eigenvalue weighted by Gasteiger charge is 2.06. The van der Waals surface area contributed by atoms with E-state index in [1.54, 1.807) is 6.07 Å². The third-order valence-corrected chi connectivity index (χ3v) is 3.26. The van der Waals surface area contributed by atoms with Crippen molar-refractivity contribution in [3.8, 4) is 6.07 Å². The lowest BCUT2D eigenvalue weighted by molar-refractivity contribution is -0.120. The van der Waals surface area contributed by atoms with Crippen LogP contribution in [0, 0.1) is 11.3 Å². The number of benzene rings is 1. The molecule has 9 heteroatoms. The molecule has 0 heterocycles. The summed E-state index contributed by atoms with van der Waals surface area (Å²) in [4.78, 5) is 22.9. The van der Waals surface area contributed by atoms with Gasteiger partial charge in [0.25, 0.3) is 5.91 Å².